The number of esters is 1. The Morgan fingerprint density at radius 1 is 1.46 bits per heavy atom. The van der Waals surface area contributed by atoms with Crippen LogP contribution in [-0.2, 0) is 9.53 Å². The molecule has 0 amide bonds. The second-order valence-corrected chi connectivity index (χ2v) is 2.14. The smallest absolute Gasteiger partial charge is 0.348 e. The van der Waals surface area contributed by atoms with Crippen LogP contribution in [0.15, 0.2) is 37.0 Å². The fraction of sp³-hybridized carbons (Fsp3) is 0.200. The van der Waals surface area contributed by atoms with Crippen molar-refractivity contribution in [3.63, 3.8) is 0 Å². The highest BCUT2D eigenvalue weighted by Gasteiger charge is 2.07. The Balaban J connectivity index is 4.24. The first-order valence-electron chi connectivity index (χ1n) is 3.75. The van der Waals surface area contributed by atoms with Crippen LogP contribution in [0.3, 0.4) is 0 Å². The maximum absolute atomic E-state index is 11.0. The monoisotopic (exact) mass is 177 g/mol. The SMILES string of the molecule is C=CC/C=C(\C#N)C(=O)OCC=C. The molecule has 3 heteroatoms. The van der Waals surface area contributed by atoms with Crippen molar-refractivity contribution in [3.05, 3.63) is 37.0 Å². The first kappa shape index (κ1) is 11.2. The Morgan fingerprint density at radius 2 is 2.15 bits per heavy atom. The van der Waals surface area contributed by atoms with Crippen LogP contribution in [0.5, 0.6) is 0 Å². The number of hydrogen-bond donors (Lipinski definition) is 0. The van der Waals surface area contributed by atoms with Gasteiger partial charge in [0.15, 0.2) is 0 Å². The Morgan fingerprint density at radius 3 is 2.62 bits per heavy atom. The van der Waals surface area contributed by atoms with Gasteiger partial charge in [0.2, 0.25) is 0 Å². The number of carbonyl (C=O) groups excluding carboxylic acids is 1. The molecule has 0 rings (SSSR count). The lowest BCUT2D eigenvalue weighted by molar-refractivity contribution is -0.137. The van der Waals surface area contributed by atoms with Crippen LogP contribution < -0.4 is 0 Å². The number of ether oxygens (including phenoxy) is 1. The Hall–Kier alpha value is -1.82. The van der Waals surface area contributed by atoms with Gasteiger partial charge in [-0.3, -0.25) is 0 Å². The van der Waals surface area contributed by atoms with Gasteiger partial charge in [-0.1, -0.05) is 24.8 Å². The molecule has 0 radical (unpaired) electrons. The molecule has 0 atom stereocenters. The first-order chi connectivity index (χ1) is 6.26. The van der Waals surface area contributed by atoms with Gasteiger partial charge >= 0.3 is 5.97 Å². The van der Waals surface area contributed by atoms with E-state index in [0.717, 1.165) is 0 Å². The van der Waals surface area contributed by atoms with Crippen molar-refractivity contribution in [2.75, 3.05) is 6.61 Å². The van der Waals surface area contributed by atoms with E-state index < -0.39 is 5.97 Å². The normalized spacial score (nSPS) is 9.92. The summed E-state index contributed by atoms with van der Waals surface area (Å²) in [6, 6.07) is 1.75. The van der Waals surface area contributed by atoms with E-state index in [2.05, 4.69) is 17.9 Å². The highest BCUT2D eigenvalue weighted by atomic mass is 16.5. The lowest BCUT2D eigenvalue weighted by atomic mass is 10.2. The van der Waals surface area contributed by atoms with Crippen LogP contribution in [0.25, 0.3) is 0 Å². The molecule has 0 aromatic heterocycles. The van der Waals surface area contributed by atoms with Crippen molar-refractivity contribution in [1.29, 1.82) is 5.26 Å². The van der Waals surface area contributed by atoms with Crippen molar-refractivity contribution in [3.8, 4) is 6.07 Å². The average molecular weight is 177 g/mol. The van der Waals surface area contributed by atoms with Crippen molar-refractivity contribution in [1.82, 2.24) is 0 Å². The van der Waals surface area contributed by atoms with Crippen molar-refractivity contribution >= 4 is 5.97 Å². The zero-order chi connectivity index (χ0) is 10.1. The minimum atomic E-state index is -0.621. The molecule has 0 spiro atoms. The van der Waals surface area contributed by atoms with E-state index in [0.29, 0.717) is 6.42 Å². The van der Waals surface area contributed by atoms with Gasteiger partial charge < -0.3 is 4.74 Å². The van der Waals surface area contributed by atoms with E-state index in [1.54, 1.807) is 12.1 Å². The van der Waals surface area contributed by atoms with Crippen LogP contribution in [0.2, 0.25) is 0 Å². The second kappa shape index (κ2) is 6.86. The van der Waals surface area contributed by atoms with Crippen LogP contribution in [0.1, 0.15) is 6.42 Å². The van der Waals surface area contributed by atoms with Crippen molar-refractivity contribution in [2.24, 2.45) is 0 Å². The van der Waals surface area contributed by atoms with Gasteiger partial charge in [-0.25, -0.2) is 4.79 Å². The second-order valence-electron chi connectivity index (χ2n) is 2.14. The van der Waals surface area contributed by atoms with Gasteiger partial charge in [0.25, 0.3) is 0 Å². The lowest BCUT2D eigenvalue weighted by Crippen LogP contribution is -2.06. The number of allylic oxidation sites excluding steroid dienone is 2. The van der Waals surface area contributed by atoms with Crippen LogP contribution in [-0.4, -0.2) is 12.6 Å². The minimum Gasteiger partial charge on any atom is -0.457 e. The quantitative estimate of drug-likeness (QED) is 0.278. The average Bonchev–Trinajstić information content (AvgIpc) is 2.16. The van der Waals surface area contributed by atoms with Gasteiger partial charge in [-0.05, 0) is 6.42 Å². The van der Waals surface area contributed by atoms with Gasteiger partial charge in [0, 0.05) is 0 Å². The number of rotatable bonds is 5. The molecule has 0 N–H and O–H groups in total. The molecular weight excluding hydrogens is 166 g/mol. The molecule has 0 bridgehead atoms. The van der Waals surface area contributed by atoms with E-state index in [-0.39, 0.29) is 12.2 Å². The molecule has 0 fully saturated rings. The summed E-state index contributed by atoms with van der Waals surface area (Å²) in [7, 11) is 0. The van der Waals surface area contributed by atoms with Crippen LogP contribution in [0, 0.1) is 11.3 Å². The van der Waals surface area contributed by atoms with E-state index in [9.17, 15) is 4.79 Å². The highest BCUT2D eigenvalue weighted by Crippen LogP contribution is 1.99. The number of hydrogen-bond acceptors (Lipinski definition) is 3. The number of nitriles is 1. The van der Waals surface area contributed by atoms with E-state index in [1.807, 2.05) is 0 Å². The molecule has 0 saturated heterocycles. The van der Waals surface area contributed by atoms with Gasteiger partial charge in [0.1, 0.15) is 18.2 Å². The standard InChI is InChI=1S/C10H11NO2/c1-3-5-6-9(8-11)10(12)13-7-4-2/h3-4,6H,1-2,5,7H2/b9-6+. The highest BCUT2D eigenvalue weighted by molar-refractivity contribution is 5.92. The molecule has 0 aliphatic heterocycles. The third kappa shape index (κ3) is 4.59. The van der Waals surface area contributed by atoms with Crippen molar-refractivity contribution < 1.29 is 9.53 Å². The minimum absolute atomic E-state index is 0.00162. The Labute approximate surface area is 77.6 Å². The molecule has 3 nitrogen and oxygen atoms in total. The molecule has 0 aromatic rings. The summed E-state index contributed by atoms with van der Waals surface area (Å²) in [6.07, 6.45) is 4.99. The molecule has 0 aliphatic rings. The molecular formula is C10H11NO2. The zero-order valence-electron chi connectivity index (χ0n) is 7.32. The summed E-state index contributed by atoms with van der Waals surface area (Å²) >= 11 is 0. The number of nitrogens with zero attached hydrogens (tertiary/aromatic N) is 1. The van der Waals surface area contributed by atoms with Gasteiger partial charge in [0.05, 0.1) is 0 Å². The largest absolute Gasteiger partial charge is 0.457 e. The molecule has 0 aromatic carbocycles. The summed E-state index contributed by atoms with van der Waals surface area (Å²) in [5.74, 6) is -0.621. The van der Waals surface area contributed by atoms with E-state index in [1.165, 1.54) is 12.2 Å². The molecule has 0 heterocycles. The van der Waals surface area contributed by atoms with Crippen LogP contribution in [0.4, 0.5) is 0 Å². The Bertz CT molecular complexity index is 271. The summed E-state index contributed by atoms with van der Waals surface area (Å²) in [5.41, 5.74) is 0.00162. The third-order valence-corrected chi connectivity index (χ3v) is 1.16. The van der Waals surface area contributed by atoms with Crippen molar-refractivity contribution in [2.45, 2.75) is 6.42 Å². The molecule has 0 saturated carbocycles. The predicted octanol–water partition coefficient (Wildman–Crippen LogP) is 1.74. The summed E-state index contributed by atoms with van der Waals surface area (Å²) in [4.78, 5) is 11.0. The Kier molecular flexibility index (Phi) is 5.90. The predicted molar refractivity (Wildman–Crippen MR) is 49.7 cm³/mol. The van der Waals surface area contributed by atoms with Gasteiger partial charge in [-0.15, -0.1) is 6.58 Å². The zero-order valence-corrected chi connectivity index (χ0v) is 7.32. The maximum Gasteiger partial charge on any atom is 0.348 e. The topological polar surface area (TPSA) is 50.1 Å². The molecule has 0 unspecified atom stereocenters. The summed E-state index contributed by atoms with van der Waals surface area (Å²) in [6.45, 7) is 6.97. The fourth-order valence-electron chi connectivity index (χ4n) is 0.588. The first-order valence-corrected chi connectivity index (χ1v) is 3.75. The van der Waals surface area contributed by atoms with Crippen LogP contribution >= 0.6 is 0 Å². The molecule has 13 heavy (non-hydrogen) atoms. The van der Waals surface area contributed by atoms with E-state index in [4.69, 9.17) is 5.26 Å². The fourth-order valence-corrected chi connectivity index (χ4v) is 0.588. The maximum atomic E-state index is 11.0. The lowest BCUT2D eigenvalue weighted by Gasteiger charge is -1.98. The van der Waals surface area contributed by atoms with Gasteiger partial charge in [-0.2, -0.15) is 5.26 Å². The van der Waals surface area contributed by atoms with E-state index >= 15 is 0 Å². The molecule has 68 valence electrons. The summed E-state index contributed by atoms with van der Waals surface area (Å²) in [5, 5.41) is 8.54. The summed E-state index contributed by atoms with van der Waals surface area (Å²) < 4.78 is 4.66. The number of carbonyl (C=O) groups is 1. The third-order valence-electron chi connectivity index (χ3n) is 1.16. The molecule has 0 aliphatic carbocycles.